The standard InChI is InChI=1S/C19H21N9O/c1-20-18(29)17-15-8-14(5-7-27(15)12-22-17)24-19-21-6-4-16(25-19)28-11-13(9-23-28)10-26(2)3/h4-9,11-12H,10H2,1-3H3,(H,20,29)(H,21,24,25). The van der Waals surface area contributed by atoms with E-state index in [0.29, 0.717) is 23.0 Å². The summed E-state index contributed by atoms with van der Waals surface area (Å²) in [7, 11) is 5.60. The molecule has 10 heteroatoms. The van der Waals surface area contributed by atoms with Gasteiger partial charge in [-0.15, -0.1) is 0 Å². The smallest absolute Gasteiger partial charge is 0.271 e. The SMILES string of the molecule is CNC(=O)c1ncn2ccc(Nc3nccc(-n4cc(CN(C)C)cn4)n3)cc12. The van der Waals surface area contributed by atoms with Crippen molar-refractivity contribution in [3.63, 3.8) is 0 Å². The first kappa shape index (κ1) is 18.6. The molecule has 0 aliphatic rings. The summed E-state index contributed by atoms with van der Waals surface area (Å²) in [6.07, 6.45) is 8.86. The molecule has 0 spiro atoms. The molecule has 0 bridgehead atoms. The van der Waals surface area contributed by atoms with Gasteiger partial charge in [0.2, 0.25) is 5.95 Å². The third-order valence-electron chi connectivity index (χ3n) is 4.25. The molecule has 10 nitrogen and oxygen atoms in total. The lowest BCUT2D eigenvalue weighted by Gasteiger charge is -2.08. The predicted octanol–water partition coefficient (Wildman–Crippen LogP) is 1.47. The Labute approximate surface area is 167 Å². The molecule has 29 heavy (non-hydrogen) atoms. The summed E-state index contributed by atoms with van der Waals surface area (Å²) in [6, 6.07) is 5.49. The minimum Gasteiger partial charge on any atom is -0.354 e. The largest absolute Gasteiger partial charge is 0.354 e. The van der Waals surface area contributed by atoms with Crippen molar-refractivity contribution in [3.8, 4) is 5.82 Å². The van der Waals surface area contributed by atoms with Gasteiger partial charge in [-0.3, -0.25) is 4.79 Å². The molecule has 4 aromatic heterocycles. The Balaban J connectivity index is 1.59. The van der Waals surface area contributed by atoms with Crippen molar-refractivity contribution in [2.75, 3.05) is 26.5 Å². The summed E-state index contributed by atoms with van der Waals surface area (Å²) in [5.41, 5.74) is 2.88. The Morgan fingerprint density at radius 3 is 2.90 bits per heavy atom. The van der Waals surface area contributed by atoms with E-state index in [0.717, 1.165) is 17.8 Å². The predicted molar refractivity (Wildman–Crippen MR) is 108 cm³/mol. The highest BCUT2D eigenvalue weighted by atomic mass is 16.1. The van der Waals surface area contributed by atoms with Crippen LogP contribution in [-0.4, -0.2) is 61.1 Å². The van der Waals surface area contributed by atoms with Crippen LogP contribution in [0.2, 0.25) is 0 Å². The third kappa shape index (κ3) is 3.92. The Bertz CT molecular complexity index is 1160. The summed E-state index contributed by atoms with van der Waals surface area (Å²) in [4.78, 5) is 27.0. The number of carbonyl (C=O) groups is 1. The average Bonchev–Trinajstić information content (AvgIpc) is 3.34. The topological polar surface area (TPSA) is 105 Å². The highest BCUT2D eigenvalue weighted by Crippen LogP contribution is 2.19. The molecule has 0 unspecified atom stereocenters. The highest BCUT2D eigenvalue weighted by molar-refractivity contribution is 5.99. The second kappa shape index (κ2) is 7.68. The van der Waals surface area contributed by atoms with Gasteiger partial charge in [0.05, 0.1) is 11.7 Å². The first-order valence-electron chi connectivity index (χ1n) is 9.01. The highest BCUT2D eigenvalue weighted by Gasteiger charge is 2.12. The van der Waals surface area contributed by atoms with E-state index in [9.17, 15) is 4.79 Å². The first-order valence-corrected chi connectivity index (χ1v) is 9.01. The Morgan fingerprint density at radius 1 is 1.24 bits per heavy atom. The minimum absolute atomic E-state index is 0.241. The molecular weight excluding hydrogens is 370 g/mol. The van der Waals surface area contributed by atoms with Crippen LogP contribution in [0, 0.1) is 0 Å². The fraction of sp³-hybridized carbons (Fsp3) is 0.211. The van der Waals surface area contributed by atoms with Gasteiger partial charge < -0.3 is 19.9 Å². The Kier molecular flexibility index (Phi) is 4.92. The van der Waals surface area contributed by atoms with Gasteiger partial charge in [0, 0.05) is 49.5 Å². The molecule has 4 heterocycles. The maximum atomic E-state index is 12.0. The maximum absolute atomic E-state index is 12.0. The molecular formula is C19H21N9O. The van der Waals surface area contributed by atoms with E-state index in [4.69, 9.17) is 0 Å². The van der Waals surface area contributed by atoms with Crippen molar-refractivity contribution < 1.29 is 4.79 Å². The molecule has 0 aromatic carbocycles. The number of aromatic nitrogens is 6. The van der Waals surface area contributed by atoms with Crippen LogP contribution in [0.4, 0.5) is 11.6 Å². The molecule has 4 aromatic rings. The molecule has 1 amide bonds. The van der Waals surface area contributed by atoms with Gasteiger partial charge in [0.25, 0.3) is 5.91 Å². The molecule has 4 rings (SSSR count). The van der Waals surface area contributed by atoms with Gasteiger partial charge in [-0.05, 0) is 26.2 Å². The third-order valence-corrected chi connectivity index (χ3v) is 4.25. The normalized spacial score (nSPS) is 11.2. The zero-order valence-electron chi connectivity index (χ0n) is 16.4. The zero-order valence-corrected chi connectivity index (χ0v) is 16.4. The number of nitrogens with one attached hydrogen (secondary N) is 2. The van der Waals surface area contributed by atoms with Crippen molar-refractivity contribution in [1.29, 1.82) is 0 Å². The minimum atomic E-state index is -0.241. The lowest BCUT2D eigenvalue weighted by Crippen LogP contribution is -2.18. The second-order valence-electron chi connectivity index (χ2n) is 6.77. The molecule has 0 saturated carbocycles. The summed E-state index contributed by atoms with van der Waals surface area (Å²) in [6.45, 7) is 0.801. The van der Waals surface area contributed by atoms with E-state index in [1.807, 2.05) is 44.8 Å². The van der Waals surface area contributed by atoms with Crippen LogP contribution in [0.15, 0.2) is 49.3 Å². The van der Waals surface area contributed by atoms with E-state index in [1.165, 1.54) is 0 Å². The van der Waals surface area contributed by atoms with E-state index < -0.39 is 0 Å². The van der Waals surface area contributed by atoms with Crippen molar-refractivity contribution in [2.45, 2.75) is 6.54 Å². The van der Waals surface area contributed by atoms with Crippen LogP contribution in [0.25, 0.3) is 11.3 Å². The number of pyridine rings is 1. The Morgan fingerprint density at radius 2 is 2.10 bits per heavy atom. The van der Waals surface area contributed by atoms with Crippen LogP contribution < -0.4 is 10.6 Å². The number of hydrogen-bond acceptors (Lipinski definition) is 7. The van der Waals surface area contributed by atoms with E-state index in [2.05, 4.69) is 35.6 Å². The zero-order chi connectivity index (χ0) is 20.4. The van der Waals surface area contributed by atoms with Gasteiger partial charge in [0.1, 0.15) is 6.33 Å². The quantitative estimate of drug-likeness (QED) is 0.513. The fourth-order valence-electron chi connectivity index (χ4n) is 2.96. The van der Waals surface area contributed by atoms with Gasteiger partial charge in [0.15, 0.2) is 11.5 Å². The van der Waals surface area contributed by atoms with E-state index in [-0.39, 0.29) is 5.91 Å². The lowest BCUT2D eigenvalue weighted by atomic mass is 10.3. The Hall–Kier alpha value is -3.79. The van der Waals surface area contributed by atoms with Crippen molar-refractivity contribution in [2.24, 2.45) is 0 Å². The van der Waals surface area contributed by atoms with Crippen LogP contribution >= 0.6 is 0 Å². The summed E-state index contributed by atoms with van der Waals surface area (Å²) < 4.78 is 3.50. The lowest BCUT2D eigenvalue weighted by molar-refractivity contribution is 0.0960. The van der Waals surface area contributed by atoms with Gasteiger partial charge in [-0.2, -0.15) is 10.1 Å². The van der Waals surface area contributed by atoms with E-state index >= 15 is 0 Å². The van der Waals surface area contributed by atoms with Crippen LogP contribution in [0.3, 0.4) is 0 Å². The number of imidazole rings is 1. The number of carbonyl (C=O) groups excluding carboxylic acids is 1. The number of anilines is 2. The summed E-state index contributed by atoms with van der Waals surface area (Å²) in [5.74, 6) is 0.844. The van der Waals surface area contributed by atoms with Crippen LogP contribution in [-0.2, 0) is 6.54 Å². The fourth-order valence-corrected chi connectivity index (χ4v) is 2.96. The summed E-state index contributed by atoms with van der Waals surface area (Å²) in [5, 5.41) is 10.1. The van der Waals surface area contributed by atoms with Crippen LogP contribution in [0.1, 0.15) is 16.1 Å². The number of fused-ring (bicyclic) bond motifs is 1. The molecule has 0 aliphatic heterocycles. The van der Waals surface area contributed by atoms with Crippen molar-refractivity contribution in [3.05, 3.63) is 60.6 Å². The van der Waals surface area contributed by atoms with Gasteiger partial charge in [-0.1, -0.05) is 0 Å². The molecule has 0 fully saturated rings. The maximum Gasteiger partial charge on any atom is 0.271 e. The number of hydrogen-bond donors (Lipinski definition) is 2. The number of rotatable bonds is 6. The summed E-state index contributed by atoms with van der Waals surface area (Å²) >= 11 is 0. The van der Waals surface area contributed by atoms with Gasteiger partial charge in [-0.25, -0.2) is 14.6 Å². The molecule has 2 N–H and O–H groups in total. The molecule has 148 valence electrons. The van der Waals surface area contributed by atoms with Crippen molar-refractivity contribution >= 4 is 23.1 Å². The monoisotopic (exact) mass is 391 g/mol. The molecule has 0 saturated heterocycles. The van der Waals surface area contributed by atoms with E-state index in [1.54, 1.807) is 34.7 Å². The molecule has 0 atom stereocenters. The van der Waals surface area contributed by atoms with Crippen LogP contribution in [0.5, 0.6) is 0 Å². The number of nitrogens with zero attached hydrogens (tertiary/aromatic N) is 7. The van der Waals surface area contributed by atoms with Crippen molar-refractivity contribution in [1.82, 2.24) is 39.3 Å². The van der Waals surface area contributed by atoms with Gasteiger partial charge >= 0.3 is 0 Å². The second-order valence-corrected chi connectivity index (χ2v) is 6.77. The average molecular weight is 391 g/mol. The first-order chi connectivity index (χ1) is 14.0. The number of amides is 1. The molecule has 0 radical (unpaired) electrons. The molecule has 0 aliphatic carbocycles.